The Balaban J connectivity index is 2.25. The number of halogens is 4. The minimum absolute atomic E-state index is 0.343. The highest BCUT2D eigenvalue weighted by Gasteiger charge is 2.29. The Hall–Kier alpha value is -2.15. The van der Waals surface area contributed by atoms with Crippen LogP contribution in [0.2, 0.25) is 5.02 Å². The fourth-order valence-corrected chi connectivity index (χ4v) is 2.36. The summed E-state index contributed by atoms with van der Waals surface area (Å²) >= 11 is 6.01. The van der Waals surface area contributed by atoms with E-state index in [0.29, 0.717) is 27.2 Å². The van der Waals surface area contributed by atoms with E-state index in [1.54, 1.807) is 18.2 Å². The first-order valence-electron chi connectivity index (χ1n) is 5.92. The van der Waals surface area contributed by atoms with Crippen LogP contribution < -0.4 is 0 Å². The molecule has 2 heterocycles. The first kappa shape index (κ1) is 13.8. The van der Waals surface area contributed by atoms with Crippen molar-refractivity contribution in [3.05, 3.63) is 41.9 Å². The molecule has 0 saturated heterocycles. The maximum atomic E-state index is 12.6. The molecule has 0 atom stereocenters. The molecule has 3 rings (SSSR count). The fourth-order valence-electron chi connectivity index (χ4n) is 2.13. The van der Waals surface area contributed by atoms with E-state index < -0.39 is 12.7 Å². The molecule has 0 saturated carbocycles. The third-order valence-electron chi connectivity index (χ3n) is 2.89. The molecule has 0 aliphatic heterocycles. The molecule has 0 radical (unpaired) electrons. The van der Waals surface area contributed by atoms with Gasteiger partial charge in [0.2, 0.25) is 0 Å². The third-order valence-corrected chi connectivity index (χ3v) is 3.10. The number of fused-ring (bicyclic) bond motifs is 1. The van der Waals surface area contributed by atoms with Gasteiger partial charge in [-0.15, -0.1) is 0 Å². The van der Waals surface area contributed by atoms with E-state index in [0.717, 1.165) is 4.68 Å². The number of hydrogen-bond acceptors (Lipinski definition) is 3. The lowest BCUT2D eigenvalue weighted by molar-refractivity contribution is -0.141. The van der Waals surface area contributed by atoms with Crippen molar-refractivity contribution < 1.29 is 13.2 Å². The van der Waals surface area contributed by atoms with Crippen molar-refractivity contribution in [1.82, 2.24) is 19.7 Å². The summed E-state index contributed by atoms with van der Waals surface area (Å²) in [6, 6.07) is 4.75. The molecule has 0 spiro atoms. The molecule has 108 valence electrons. The van der Waals surface area contributed by atoms with Gasteiger partial charge in [0.1, 0.15) is 12.9 Å². The molecule has 2 aromatic heterocycles. The molecule has 0 fully saturated rings. The predicted molar refractivity (Wildman–Crippen MR) is 71.8 cm³/mol. The zero-order chi connectivity index (χ0) is 15.0. The molecule has 8 heteroatoms. The molecular formula is C13H8ClF3N4. The van der Waals surface area contributed by atoms with E-state index in [2.05, 4.69) is 15.1 Å². The summed E-state index contributed by atoms with van der Waals surface area (Å²) in [6.45, 7) is -1.17. The molecular weight excluding hydrogens is 305 g/mol. The van der Waals surface area contributed by atoms with Gasteiger partial charge in [-0.2, -0.15) is 18.3 Å². The highest BCUT2D eigenvalue weighted by atomic mass is 35.5. The van der Waals surface area contributed by atoms with Crippen LogP contribution in [0.3, 0.4) is 0 Å². The maximum absolute atomic E-state index is 12.6. The largest absolute Gasteiger partial charge is 0.408 e. The summed E-state index contributed by atoms with van der Waals surface area (Å²) in [6.07, 6.45) is -0.161. The number of rotatable bonds is 2. The molecule has 1 aromatic carbocycles. The monoisotopic (exact) mass is 312 g/mol. The number of benzene rings is 1. The van der Waals surface area contributed by atoms with Crippen molar-refractivity contribution in [2.75, 3.05) is 0 Å². The van der Waals surface area contributed by atoms with Crippen LogP contribution in [0.5, 0.6) is 0 Å². The van der Waals surface area contributed by atoms with Gasteiger partial charge in [-0.05, 0) is 18.2 Å². The lowest BCUT2D eigenvalue weighted by Crippen LogP contribution is -2.18. The second-order valence-electron chi connectivity index (χ2n) is 4.40. The average Bonchev–Trinajstić information content (AvgIpc) is 2.79. The Kier molecular flexibility index (Phi) is 3.29. The Bertz CT molecular complexity index is 783. The van der Waals surface area contributed by atoms with Crippen molar-refractivity contribution in [2.45, 2.75) is 12.7 Å². The minimum atomic E-state index is -4.36. The Morgan fingerprint density at radius 2 is 2.05 bits per heavy atom. The van der Waals surface area contributed by atoms with Crippen LogP contribution in [0.25, 0.3) is 22.2 Å². The van der Waals surface area contributed by atoms with Gasteiger partial charge in [0.25, 0.3) is 0 Å². The summed E-state index contributed by atoms with van der Waals surface area (Å²) in [4.78, 5) is 7.86. The van der Waals surface area contributed by atoms with Crippen LogP contribution in [-0.2, 0) is 6.54 Å². The molecule has 21 heavy (non-hydrogen) atoms. The van der Waals surface area contributed by atoms with E-state index in [4.69, 9.17) is 11.6 Å². The van der Waals surface area contributed by atoms with Gasteiger partial charge in [0.05, 0.1) is 17.4 Å². The summed E-state index contributed by atoms with van der Waals surface area (Å²) in [7, 11) is 0. The van der Waals surface area contributed by atoms with Crippen LogP contribution in [0.4, 0.5) is 13.2 Å². The van der Waals surface area contributed by atoms with Crippen LogP contribution in [0, 0.1) is 0 Å². The quantitative estimate of drug-likeness (QED) is 0.724. The first-order chi connectivity index (χ1) is 9.94. The highest BCUT2D eigenvalue weighted by Crippen LogP contribution is 2.32. The first-order valence-corrected chi connectivity index (χ1v) is 6.30. The van der Waals surface area contributed by atoms with E-state index in [1.165, 1.54) is 18.7 Å². The van der Waals surface area contributed by atoms with Gasteiger partial charge in [-0.1, -0.05) is 11.6 Å². The molecule has 0 aliphatic rings. The summed E-state index contributed by atoms with van der Waals surface area (Å²) in [5.41, 5.74) is 1.32. The highest BCUT2D eigenvalue weighted by molar-refractivity contribution is 6.31. The van der Waals surface area contributed by atoms with Crippen LogP contribution >= 0.6 is 11.6 Å². The van der Waals surface area contributed by atoms with E-state index in [1.807, 2.05) is 0 Å². The van der Waals surface area contributed by atoms with Gasteiger partial charge >= 0.3 is 6.18 Å². The second-order valence-corrected chi connectivity index (χ2v) is 4.84. The normalized spacial score (nSPS) is 12.0. The summed E-state index contributed by atoms with van der Waals surface area (Å²) in [5, 5.41) is 4.74. The number of hydrogen-bond donors (Lipinski definition) is 0. The summed E-state index contributed by atoms with van der Waals surface area (Å²) < 4.78 is 38.8. The molecule has 0 unspecified atom stereocenters. The zero-order valence-corrected chi connectivity index (χ0v) is 11.2. The van der Waals surface area contributed by atoms with Crippen molar-refractivity contribution in [1.29, 1.82) is 0 Å². The molecule has 0 aliphatic carbocycles. The van der Waals surface area contributed by atoms with Crippen LogP contribution in [0.1, 0.15) is 0 Å². The van der Waals surface area contributed by atoms with Gasteiger partial charge in [0, 0.05) is 22.2 Å². The second kappa shape index (κ2) is 5.00. The third kappa shape index (κ3) is 2.82. The zero-order valence-electron chi connectivity index (χ0n) is 10.5. The van der Waals surface area contributed by atoms with E-state index in [-0.39, 0.29) is 0 Å². The SMILES string of the molecule is FC(F)(F)Cn1ncc2cc(Cl)cc(-c3ccncn3)c21. The fraction of sp³-hybridized carbons (Fsp3) is 0.154. The van der Waals surface area contributed by atoms with Gasteiger partial charge in [-0.3, -0.25) is 4.68 Å². The molecule has 4 nitrogen and oxygen atoms in total. The Morgan fingerprint density at radius 3 is 2.71 bits per heavy atom. The molecule has 0 bridgehead atoms. The van der Waals surface area contributed by atoms with Gasteiger partial charge < -0.3 is 0 Å². The number of alkyl halides is 3. The van der Waals surface area contributed by atoms with Crippen molar-refractivity contribution in [3.63, 3.8) is 0 Å². The lowest BCUT2D eigenvalue weighted by atomic mass is 10.1. The lowest BCUT2D eigenvalue weighted by Gasteiger charge is -2.10. The van der Waals surface area contributed by atoms with E-state index >= 15 is 0 Å². The van der Waals surface area contributed by atoms with Crippen LogP contribution in [0.15, 0.2) is 36.9 Å². The molecule has 0 N–H and O–H groups in total. The number of aromatic nitrogens is 4. The Morgan fingerprint density at radius 1 is 1.24 bits per heavy atom. The number of nitrogens with zero attached hydrogens (tertiary/aromatic N) is 4. The Labute approximate surface area is 122 Å². The van der Waals surface area contributed by atoms with Crippen molar-refractivity contribution >= 4 is 22.5 Å². The van der Waals surface area contributed by atoms with Crippen molar-refractivity contribution in [2.24, 2.45) is 0 Å². The predicted octanol–water partition coefficient (Wildman–Crippen LogP) is 3.71. The molecule has 3 aromatic rings. The van der Waals surface area contributed by atoms with E-state index in [9.17, 15) is 13.2 Å². The van der Waals surface area contributed by atoms with Gasteiger partial charge in [0.15, 0.2) is 0 Å². The standard InChI is InChI=1S/C13H8ClF3N4/c14-9-3-8-5-20-21(6-13(15,16)17)12(8)10(4-9)11-1-2-18-7-19-11/h1-5,7H,6H2. The maximum Gasteiger partial charge on any atom is 0.408 e. The van der Waals surface area contributed by atoms with Crippen molar-refractivity contribution in [3.8, 4) is 11.3 Å². The van der Waals surface area contributed by atoms with Crippen LogP contribution in [-0.4, -0.2) is 25.9 Å². The summed E-state index contributed by atoms with van der Waals surface area (Å²) in [5.74, 6) is 0. The minimum Gasteiger partial charge on any atom is -0.255 e. The average molecular weight is 313 g/mol. The van der Waals surface area contributed by atoms with Gasteiger partial charge in [-0.25, -0.2) is 9.97 Å². The smallest absolute Gasteiger partial charge is 0.255 e. The molecule has 0 amide bonds. The topological polar surface area (TPSA) is 43.6 Å².